The van der Waals surface area contributed by atoms with E-state index in [0.29, 0.717) is 0 Å². The van der Waals surface area contributed by atoms with E-state index in [1.54, 1.807) is 11.1 Å². The maximum atomic E-state index is 2.49. The molecule has 3 rings (SSSR count). The maximum absolute atomic E-state index is 2.49. The molecule has 0 unspecified atom stereocenters. The van der Waals surface area contributed by atoms with Gasteiger partial charge in [0.2, 0.25) is 0 Å². The summed E-state index contributed by atoms with van der Waals surface area (Å²) in [6, 6.07) is 4.98. The molecule has 0 bridgehead atoms. The third-order valence-corrected chi connectivity index (χ3v) is 6.10. The molecule has 2 aliphatic rings. The molecule has 2 aliphatic carbocycles. The second-order valence-electron chi connectivity index (χ2n) is 8.23. The molecule has 0 N–H and O–H groups in total. The number of benzene rings is 1. The van der Waals surface area contributed by atoms with Crippen LogP contribution in [0.5, 0.6) is 0 Å². The van der Waals surface area contributed by atoms with Crippen LogP contribution in [-0.2, 0) is 12.8 Å². The van der Waals surface area contributed by atoms with E-state index >= 15 is 0 Å². The van der Waals surface area contributed by atoms with Gasteiger partial charge in [0.1, 0.15) is 0 Å². The summed E-state index contributed by atoms with van der Waals surface area (Å²) in [7, 11) is 0. The van der Waals surface area contributed by atoms with Gasteiger partial charge in [-0.2, -0.15) is 0 Å². The van der Waals surface area contributed by atoms with Crippen LogP contribution in [0, 0.1) is 6.42 Å². The van der Waals surface area contributed by atoms with Gasteiger partial charge in [0.05, 0.1) is 0 Å². The first-order chi connectivity index (χ1) is 12.4. The van der Waals surface area contributed by atoms with E-state index in [2.05, 4.69) is 30.7 Å². The molecule has 0 spiro atoms. The van der Waals surface area contributed by atoms with Crippen LogP contribution in [0.15, 0.2) is 18.2 Å². The second-order valence-corrected chi connectivity index (χ2v) is 8.23. The number of rotatable bonds is 0. The minimum atomic E-state index is 1.29. The van der Waals surface area contributed by atoms with Gasteiger partial charge >= 0.3 is 0 Å². The SMILES string of the molecule is [CH]1C=Cc2cc3c(cc21)CCCCCCCCCCCCCCCC3. The van der Waals surface area contributed by atoms with Gasteiger partial charge < -0.3 is 0 Å². The van der Waals surface area contributed by atoms with Crippen LogP contribution >= 0.6 is 0 Å². The van der Waals surface area contributed by atoms with E-state index in [9.17, 15) is 0 Å². The zero-order chi connectivity index (χ0) is 17.2. The van der Waals surface area contributed by atoms with E-state index in [-0.39, 0.29) is 0 Å². The number of hydrogen-bond donors (Lipinski definition) is 0. The summed E-state index contributed by atoms with van der Waals surface area (Å²) >= 11 is 0. The molecule has 1 aromatic carbocycles. The smallest absolute Gasteiger partial charge is 0.0131 e. The van der Waals surface area contributed by atoms with Crippen LogP contribution in [0.1, 0.15) is 112 Å². The molecule has 137 valence electrons. The minimum absolute atomic E-state index is 1.29. The van der Waals surface area contributed by atoms with Gasteiger partial charge in [-0.1, -0.05) is 101 Å². The van der Waals surface area contributed by atoms with Crippen molar-refractivity contribution in [2.24, 2.45) is 0 Å². The van der Waals surface area contributed by atoms with Crippen molar-refractivity contribution in [2.75, 3.05) is 0 Å². The molecule has 0 aliphatic heterocycles. The van der Waals surface area contributed by atoms with Crippen molar-refractivity contribution >= 4 is 6.08 Å². The zero-order valence-corrected chi connectivity index (χ0v) is 16.2. The molecular formula is C25H37. The Morgan fingerprint density at radius 2 is 0.840 bits per heavy atom. The van der Waals surface area contributed by atoms with Crippen LogP contribution in [0.25, 0.3) is 6.08 Å². The number of allylic oxidation sites excluding steroid dienone is 1. The van der Waals surface area contributed by atoms with Crippen molar-refractivity contribution in [3.63, 3.8) is 0 Å². The van der Waals surface area contributed by atoms with Crippen LogP contribution in [0.4, 0.5) is 0 Å². The fourth-order valence-electron chi connectivity index (χ4n) is 4.49. The van der Waals surface area contributed by atoms with Crippen molar-refractivity contribution in [3.8, 4) is 0 Å². The molecule has 0 amide bonds. The molecule has 1 radical (unpaired) electrons. The van der Waals surface area contributed by atoms with E-state index in [4.69, 9.17) is 0 Å². The highest BCUT2D eigenvalue weighted by Gasteiger charge is 2.11. The zero-order valence-electron chi connectivity index (χ0n) is 16.2. The molecule has 0 atom stereocenters. The van der Waals surface area contributed by atoms with Gasteiger partial charge in [0.15, 0.2) is 0 Å². The molecule has 0 fully saturated rings. The van der Waals surface area contributed by atoms with E-state index in [1.807, 2.05) is 0 Å². The Balaban J connectivity index is 1.58. The highest BCUT2D eigenvalue weighted by atomic mass is 14.2. The summed E-state index contributed by atoms with van der Waals surface area (Å²) in [5, 5.41) is 0. The van der Waals surface area contributed by atoms with Crippen molar-refractivity contribution in [1.29, 1.82) is 0 Å². The predicted molar refractivity (Wildman–Crippen MR) is 111 cm³/mol. The number of hydrogen-bond acceptors (Lipinski definition) is 0. The fraction of sp³-hybridized carbons (Fsp3) is 0.640. The molecule has 0 nitrogen and oxygen atoms in total. The number of fused-ring (bicyclic) bond motifs is 2. The summed E-state index contributed by atoms with van der Waals surface area (Å²) in [6.45, 7) is 0. The Hall–Kier alpha value is -1.04. The summed E-state index contributed by atoms with van der Waals surface area (Å²) in [4.78, 5) is 0. The molecule has 0 heteroatoms. The van der Waals surface area contributed by atoms with Gasteiger partial charge in [0.25, 0.3) is 0 Å². The topological polar surface area (TPSA) is 0 Å². The first kappa shape index (κ1) is 18.7. The Morgan fingerprint density at radius 3 is 1.32 bits per heavy atom. The lowest BCUT2D eigenvalue weighted by molar-refractivity contribution is 0.530. The molecular weight excluding hydrogens is 300 g/mol. The quantitative estimate of drug-likeness (QED) is 0.452. The molecule has 0 saturated heterocycles. The highest BCUT2D eigenvalue weighted by molar-refractivity contribution is 5.66. The average Bonchev–Trinajstić information content (AvgIpc) is 3.07. The van der Waals surface area contributed by atoms with Gasteiger partial charge in [-0.05, 0) is 47.9 Å². The van der Waals surface area contributed by atoms with Crippen molar-refractivity contribution in [1.82, 2.24) is 0 Å². The van der Waals surface area contributed by atoms with E-state index in [1.165, 1.54) is 114 Å². The Labute approximate surface area is 156 Å². The van der Waals surface area contributed by atoms with Gasteiger partial charge in [0, 0.05) is 6.42 Å². The minimum Gasteiger partial charge on any atom is -0.0755 e. The second kappa shape index (κ2) is 10.8. The van der Waals surface area contributed by atoms with Crippen molar-refractivity contribution in [2.45, 2.75) is 103 Å². The first-order valence-corrected chi connectivity index (χ1v) is 11.1. The van der Waals surface area contributed by atoms with Crippen molar-refractivity contribution < 1.29 is 0 Å². The lowest BCUT2D eigenvalue weighted by atomic mass is 9.92. The lowest BCUT2D eigenvalue weighted by Gasteiger charge is -2.13. The van der Waals surface area contributed by atoms with Crippen LogP contribution in [0.2, 0.25) is 0 Å². The highest BCUT2D eigenvalue weighted by Crippen LogP contribution is 2.28. The summed E-state index contributed by atoms with van der Waals surface area (Å²) in [5.41, 5.74) is 6.17. The van der Waals surface area contributed by atoms with Gasteiger partial charge in [-0.3, -0.25) is 0 Å². The molecule has 25 heavy (non-hydrogen) atoms. The van der Waals surface area contributed by atoms with E-state index in [0.717, 1.165) is 0 Å². The standard InChI is InChI=1S/C25H37/c1-2-4-6-8-10-12-14-17-23-21-25-19-15-18-24(25)20-22(23)16-13-11-9-7-5-3-1/h15,18-21H,1-14,16-17H2. The summed E-state index contributed by atoms with van der Waals surface area (Å²) < 4.78 is 0. The lowest BCUT2D eigenvalue weighted by Crippen LogP contribution is -1.99. The van der Waals surface area contributed by atoms with Gasteiger partial charge in [-0.15, -0.1) is 0 Å². The van der Waals surface area contributed by atoms with Crippen molar-refractivity contribution in [3.05, 3.63) is 46.9 Å². The van der Waals surface area contributed by atoms with Crippen LogP contribution in [0.3, 0.4) is 0 Å². The van der Waals surface area contributed by atoms with Gasteiger partial charge in [-0.25, -0.2) is 0 Å². The third-order valence-electron chi connectivity index (χ3n) is 6.10. The summed E-state index contributed by atoms with van der Waals surface area (Å²) in [5.74, 6) is 0. The monoisotopic (exact) mass is 337 g/mol. The predicted octanol–water partition coefficient (Wildman–Crippen LogP) is 7.83. The Kier molecular flexibility index (Phi) is 8.13. The molecule has 0 heterocycles. The summed E-state index contributed by atoms with van der Waals surface area (Å²) in [6.07, 6.45) is 29.5. The average molecular weight is 338 g/mol. The van der Waals surface area contributed by atoms with Crippen LogP contribution < -0.4 is 0 Å². The Bertz CT molecular complexity index is 537. The normalized spacial score (nSPS) is 21.1. The molecule has 1 aromatic rings. The van der Waals surface area contributed by atoms with E-state index < -0.39 is 0 Å². The number of aryl methyl sites for hydroxylation is 2. The largest absolute Gasteiger partial charge is 0.0755 e. The molecule has 0 saturated carbocycles. The maximum Gasteiger partial charge on any atom is 0.0131 e. The van der Waals surface area contributed by atoms with Crippen LogP contribution in [-0.4, -0.2) is 0 Å². The molecule has 0 aromatic heterocycles. The Morgan fingerprint density at radius 1 is 0.440 bits per heavy atom. The fourth-order valence-corrected chi connectivity index (χ4v) is 4.49. The third kappa shape index (κ3) is 6.32. The first-order valence-electron chi connectivity index (χ1n) is 11.1.